The summed E-state index contributed by atoms with van der Waals surface area (Å²) in [5.74, 6) is -0.356. The van der Waals surface area contributed by atoms with E-state index in [4.69, 9.17) is 4.74 Å². The first-order valence-electron chi connectivity index (χ1n) is 9.70. The summed E-state index contributed by atoms with van der Waals surface area (Å²) in [7, 11) is 1.60. The molecule has 162 valence electrons. The number of rotatable bonds is 3. The Morgan fingerprint density at radius 2 is 2.03 bits per heavy atom. The van der Waals surface area contributed by atoms with Crippen LogP contribution in [0.2, 0.25) is 0 Å². The van der Waals surface area contributed by atoms with E-state index in [-0.39, 0.29) is 5.82 Å². The predicted octanol–water partition coefficient (Wildman–Crippen LogP) is 5.97. The molecule has 1 aliphatic heterocycles. The van der Waals surface area contributed by atoms with Crippen molar-refractivity contribution in [3.05, 3.63) is 71.3 Å². The van der Waals surface area contributed by atoms with Crippen molar-refractivity contribution in [1.82, 2.24) is 9.97 Å². The summed E-state index contributed by atoms with van der Waals surface area (Å²) in [6.45, 7) is 6.85. The van der Waals surface area contributed by atoms with Gasteiger partial charge in [-0.1, -0.05) is 12.6 Å². The van der Waals surface area contributed by atoms with Crippen LogP contribution in [0.25, 0.3) is 16.5 Å². The van der Waals surface area contributed by atoms with E-state index in [0.717, 1.165) is 38.9 Å². The molecule has 3 aromatic rings. The molecule has 0 radical (unpaired) electrons. The number of aromatic nitrogens is 2. The molecular weight excluding hydrogens is 410 g/mol. The summed E-state index contributed by atoms with van der Waals surface area (Å²) in [6.07, 6.45) is -1.58. The largest absolute Gasteiger partial charge is 0.495 e. The van der Waals surface area contributed by atoms with E-state index in [9.17, 15) is 17.6 Å². The number of anilines is 1. The van der Waals surface area contributed by atoms with Gasteiger partial charge < -0.3 is 14.6 Å². The predicted molar refractivity (Wildman–Crippen MR) is 113 cm³/mol. The molecule has 8 heteroatoms. The van der Waals surface area contributed by atoms with E-state index >= 15 is 0 Å². The quantitative estimate of drug-likeness (QED) is 0.520. The fraction of sp³-hybridized carbons (Fsp3) is 0.261. The number of pyridine rings is 1. The lowest BCUT2D eigenvalue weighted by Gasteiger charge is -2.32. The highest BCUT2D eigenvalue weighted by Gasteiger charge is 2.33. The van der Waals surface area contributed by atoms with Crippen molar-refractivity contribution in [3.8, 4) is 5.75 Å². The van der Waals surface area contributed by atoms with Gasteiger partial charge in [-0.15, -0.1) is 0 Å². The number of alkyl halides is 3. The van der Waals surface area contributed by atoms with Crippen LogP contribution >= 0.6 is 0 Å². The van der Waals surface area contributed by atoms with Gasteiger partial charge in [-0.3, -0.25) is 0 Å². The highest BCUT2D eigenvalue weighted by Crippen LogP contribution is 2.37. The van der Waals surface area contributed by atoms with Crippen molar-refractivity contribution >= 4 is 22.3 Å². The number of fused-ring (bicyclic) bond motifs is 1. The minimum Gasteiger partial charge on any atom is -0.495 e. The van der Waals surface area contributed by atoms with Crippen LogP contribution in [0.1, 0.15) is 24.5 Å². The standard InChI is InChI=1S/C23H21F4N3O/c1-13-7-9-30(22-19(24)10-15(11-29-22)23(25,26)27)12-18(13)14(2)16-4-5-20(31-3)21-17(16)6-8-28-21/h4-6,8,10-11,28H,1,7,9,12H2,2-3H3/b18-14+. The molecular formula is C23H21F4N3O. The molecule has 0 unspecified atom stereocenters. The molecule has 3 heterocycles. The molecule has 0 aliphatic carbocycles. The van der Waals surface area contributed by atoms with Gasteiger partial charge in [0.25, 0.3) is 0 Å². The van der Waals surface area contributed by atoms with Crippen molar-refractivity contribution in [2.24, 2.45) is 0 Å². The van der Waals surface area contributed by atoms with E-state index in [1.807, 2.05) is 31.3 Å². The lowest BCUT2D eigenvalue weighted by Crippen LogP contribution is -2.34. The van der Waals surface area contributed by atoms with E-state index in [1.54, 1.807) is 12.0 Å². The van der Waals surface area contributed by atoms with Gasteiger partial charge in [0.1, 0.15) is 5.75 Å². The molecule has 4 rings (SSSR count). The second kappa shape index (κ2) is 7.76. The van der Waals surface area contributed by atoms with E-state index in [0.29, 0.717) is 31.8 Å². The number of H-pyrrole nitrogens is 1. The number of aromatic amines is 1. The Balaban J connectivity index is 1.72. The van der Waals surface area contributed by atoms with Gasteiger partial charge in [0, 0.05) is 30.9 Å². The number of benzene rings is 1. The first-order valence-corrected chi connectivity index (χ1v) is 9.70. The monoisotopic (exact) mass is 431 g/mol. The number of hydrogen-bond donors (Lipinski definition) is 1. The second-order valence-electron chi connectivity index (χ2n) is 7.49. The Kier molecular flexibility index (Phi) is 5.24. The van der Waals surface area contributed by atoms with Crippen LogP contribution in [0.4, 0.5) is 23.4 Å². The van der Waals surface area contributed by atoms with Crippen molar-refractivity contribution in [2.45, 2.75) is 19.5 Å². The fourth-order valence-corrected chi connectivity index (χ4v) is 3.98. The Morgan fingerprint density at radius 1 is 1.26 bits per heavy atom. The fourth-order valence-electron chi connectivity index (χ4n) is 3.98. The first kappa shape index (κ1) is 21.0. The normalized spacial score (nSPS) is 16.7. The number of piperidine rings is 1. The van der Waals surface area contributed by atoms with Crippen molar-refractivity contribution in [1.29, 1.82) is 0 Å². The molecule has 4 nitrogen and oxygen atoms in total. The molecule has 1 aliphatic rings. The summed E-state index contributed by atoms with van der Waals surface area (Å²) < 4.78 is 58.5. The van der Waals surface area contributed by atoms with Gasteiger partial charge in [0.05, 0.1) is 18.2 Å². The minimum absolute atomic E-state index is 0.0904. The zero-order chi connectivity index (χ0) is 22.3. The summed E-state index contributed by atoms with van der Waals surface area (Å²) in [4.78, 5) is 8.61. The Bertz CT molecular complexity index is 1190. The molecule has 0 amide bonds. The highest BCUT2D eigenvalue weighted by atomic mass is 19.4. The summed E-state index contributed by atoms with van der Waals surface area (Å²) in [6, 6.07) is 6.28. The van der Waals surface area contributed by atoms with Gasteiger partial charge in [0.2, 0.25) is 0 Å². The average molecular weight is 431 g/mol. The third-order valence-electron chi connectivity index (χ3n) is 5.67. The number of methoxy groups -OCH3 is 1. The van der Waals surface area contributed by atoms with Crippen LogP contribution in [0.5, 0.6) is 5.75 Å². The number of nitrogens with one attached hydrogen (secondary N) is 1. The van der Waals surface area contributed by atoms with Crippen LogP contribution in [-0.2, 0) is 6.18 Å². The van der Waals surface area contributed by atoms with Gasteiger partial charge in [-0.2, -0.15) is 13.2 Å². The molecule has 31 heavy (non-hydrogen) atoms. The van der Waals surface area contributed by atoms with Gasteiger partial charge in [-0.25, -0.2) is 9.37 Å². The van der Waals surface area contributed by atoms with Crippen LogP contribution in [0.15, 0.2) is 54.4 Å². The number of hydrogen-bond acceptors (Lipinski definition) is 3. The van der Waals surface area contributed by atoms with Crippen molar-refractivity contribution < 1.29 is 22.3 Å². The molecule has 1 saturated heterocycles. The molecule has 1 N–H and O–H groups in total. The molecule has 0 bridgehead atoms. The molecule has 2 aromatic heterocycles. The Labute approximate surface area is 176 Å². The maximum absolute atomic E-state index is 14.5. The number of halogens is 4. The SMILES string of the molecule is C=C1CCN(c2ncc(C(F)(F)F)cc2F)C/C1=C(/C)c1ccc(OC)c2[nH]ccc12. The van der Waals surface area contributed by atoms with Gasteiger partial charge in [-0.05, 0) is 53.8 Å². The van der Waals surface area contributed by atoms with Gasteiger partial charge >= 0.3 is 6.18 Å². The zero-order valence-corrected chi connectivity index (χ0v) is 17.1. The average Bonchev–Trinajstić information content (AvgIpc) is 3.22. The maximum atomic E-state index is 14.5. The number of nitrogens with zero attached hydrogens (tertiary/aromatic N) is 2. The summed E-state index contributed by atoms with van der Waals surface area (Å²) in [5, 5.41) is 0.980. The Morgan fingerprint density at radius 3 is 2.71 bits per heavy atom. The number of ether oxygens (including phenoxy) is 1. The molecule has 0 spiro atoms. The highest BCUT2D eigenvalue weighted by molar-refractivity contribution is 5.96. The molecule has 0 saturated carbocycles. The van der Waals surface area contributed by atoms with Crippen LogP contribution in [-0.4, -0.2) is 30.2 Å². The Hall–Kier alpha value is -3.29. The second-order valence-corrected chi connectivity index (χ2v) is 7.49. The zero-order valence-electron chi connectivity index (χ0n) is 17.1. The first-order chi connectivity index (χ1) is 14.7. The molecule has 0 atom stereocenters. The van der Waals surface area contributed by atoms with E-state index in [1.165, 1.54) is 0 Å². The van der Waals surface area contributed by atoms with Crippen molar-refractivity contribution in [3.63, 3.8) is 0 Å². The third kappa shape index (κ3) is 3.78. The number of allylic oxidation sites excluding steroid dienone is 1. The summed E-state index contributed by atoms with van der Waals surface area (Å²) in [5.41, 5.74) is 3.55. The van der Waals surface area contributed by atoms with E-state index < -0.39 is 17.6 Å². The summed E-state index contributed by atoms with van der Waals surface area (Å²) >= 11 is 0. The smallest absolute Gasteiger partial charge is 0.417 e. The third-order valence-corrected chi connectivity index (χ3v) is 5.67. The van der Waals surface area contributed by atoms with E-state index in [2.05, 4.69) is 16.5 Å². The minimum atomic E-state index is -4.64. The van der Waals surface area contributed by atoms with Crippen LogP contribution in [0.3, 0.4) is 0 Å². The molecule has 1 fully saturated rings. The van der Waals surface area contributed by atoms with Gasteiger partial charge in [0.15, 0.2) is 11.6 Å². The van der Waals surface area contributed by atoms with Crippen molar-refractivity contribution in [2.75, 3.05) is 25.1 Å². The molecule has 1 aromatic carbocycles. The lowest BCUT2D eigenvalue weighted by molar-refractivity contribution is -0.138. The lowest BCUT2D eigenvalue weighted by atomic mass is 9.90. The van der Waals surface area contributed by atoms with Crippen LogP contribution < -0.4 is 9.64 Å². The maximum Gasteiger partial charge on any atom is 0.417 e. The topological polar surface area (TPSA) is 41.2 Å². The van der Waals surface area contributed by atoms with Crippen LogP contribution in [0, 0.1) is 5.82 Å².